The summed E-state index contributed by atoms with van der Waals surface area (Å²) in [4.78, 5) is 22.0. The van der Waals surface area contributed by atoms with Crippen LogP contribution >= 0.6 is 34.9 Å². The molecule has 1 fully saturated rings. The van der Waals surface area contributed by atoms with Crippen molar-refractivity contribution < 1.29 is 14.3 Å². The van der Waals surface area contributed by atoms with Crippen molar-refractivity contribution >= 4 is 56.6 Å². The van der Waals surface area contributed by atoms with Crippen molar-refractivity contribution in [2.75, 3.05) is 32.6 Å². The van der Waals surface area contributed by atoms with Crippen LogP contribution in [0.15, 0.2) is 10.3 Å². The first kappa shape index (κ1) is 22.4. The second-order valence-electron chi connectivity index (χ2n) is 8.42. The molecule has 0 saturated carbocycles. The van der Waals surface area contributed by atoms with Gasteiger partial charge in [-0.25, -0.2) is 9.38 Å². The zero-order valence-corrected chi connectivity index (χ0v) is 21.1. The summed E-state index contributed by atoms with van der Waals surface area (Å²) < 4.78 is 13.5. The molecule has 172 valence electrons. The Kier molecular flexibility index (Phi) is 6.36. The third-order valence-electron chi connectivity index (χ3n) is 6.03. The highest BCUT2D eigenvalue weighted by atomic mass is 32.2. The second kappa shape index (κ2) is 9.09. The van der Waals surface area contributed by atoms with Crippen LogP contribution in [-0.2, 0) is 27.3 Å². The summed E-state index contributed by atoms with van der Waals surface area (Å²) in [6.45, 7) is 9.43. The van der Waals surface area contributed by atoms with Crippen LogP contribution in [0.1, 0.15) is 31.2 Å². The molecule has 2 aliphatic rings. The Morgan fingerprint density at radius 3 is 2.69 bits per heavy atom. The van der Waals surface area contributed by atoms with E-state index >= 15 is 0 Å². The SMILES string of the molecule is CSc1nc2sc3c(c2c2nnc(S[C@H](C)C(=O)N4CCOCC4)n12)C[C@H](C(C)C)OC3. The fraction of sp³-hybridized carbons (Fsp3) is 0.619. The van der Waals surface area contributed by atoms with Crippen LogP contribution < -0.4 is 0 Å². The van der Waals surface area contributed by atoms with Gasteiger partial charge in [0.25, 0.3) is 0 Å². The molecule has 0 bridgehead atoms. The molecule has 0 radical (unpaired) electrons. The lowest BCUT2D eigenvalue weighted by atomic mass is 9.96. The molecule has 3 aromatic heterocycles. The van der Waals surface area contributed by atoms with Crippen LogP contribution in [0, 0.1) is 5.92 Å². The van der Waals surface area contributed by atoms with Crippen LogP contribution in [0.4, 0.5) is 0 Å². The van der Waals surface area contributed by atoms with Gasteiger partial charge in [0.1, 0.15) is 4.83 Å². The quantitative estimate of drug-likeness (QED) is 0.395. The van der Waals surface area contributed by atoms with Crippen LogP contribution in [0.25, 0.3) is 15.9 Å². The van der Waals surface area contributed by atoms with Crippen molar-refractivity contribution in [3.05, 3.63) is 10.4 Å². The summed E-state index contributed by atoms with van der Waals surface area (Å²) in [5.41, 5.74) is 2.12. The van der Waals surface area contributed by atoms with E-state index < -0.39 is 0 Å². The molecule has 32 heavy (non-hydrogen) atoms. The number of thiophene rings is 1. The van der Waals surface area contributed by atoms with Gasteiger partial charge in [-0.2, -0.15) is 0 Å². The third kappa shape index (κ3) is 3.91. The van der Waals surface area contributed by atoms with E-state index in [2.05, 4.69) is 24.0 Å². The first-order valence-corrected chi connectivity index (χ1v) is 13.8. The van der Waals surface area contributed by atoms with Gasteiger partial charge in [0.05, 0.1) is 36.6 Å². The number of morpholine rings is 1. The molecule has 1 amide bonds. The van der Waals surface area contributed by atoms with E-state index in [1.807, 2.05) is 22.5 Å². The van der Waals surface area contributed by atoms with Crippen molar-refractivity contribution in [2.45, 2.75) is 55.5 Å². The highest BCUT2D eigenvalue weighted by Crippen LogP contribution is 2.40. The molecule has 0 unspecified atom stereocenters. The minimum atomic E-state index is -0.263. The highest BCUT2D eigenvalue weighted by Gasteiger charge is 2.30. The van der Waals surface area contributed by atoms with Gasteiger partial charge < -0.3 is 14.4 Å². The molecule has 5 rings (SSSR count). The van der Waals surface area contributed by atoms with Gasteiger partial charge in [-0.15, -0.1) is 21.5 Å². The zero-order chi connectivity index (χ0) is 22.4. The molecular formula is C21H27N5O3S3. The molecule has 1 saturated heterocycles. The van der Waals surface area contributed by atoms with Crippen molar-refractivity contribution in [1.82, 2.24) is 24.5 Å². The molecule has 2 aliphatic heterocycles. The Labute approximate surface area is 199 Å². The largest absolute Gasteiger partial charge is 0.378 e. The number of ether oxygens (including phenoxy) is 2. The second-order valence-corrected chi connectivity index (χ2v) is 11.6. The fourth-order valence-electron chi connectivity index (χ4n) is 4.21. The number of fused-ring (bicyclic) bond motifs is 5. The number of carbonyl (C=O) groups is 1. The van der Waals surface area contributed by atoms with E-state index in [1.54, 1.807) is 23.1 Å². The molecule has 0 spiro atoms. The van der Waals surface area contributed by atoms with E-state index in [-0.39, 0.29) is 17.3 Å². The van der Waals surface area contributed by atoms with Crippen molar-refractivity contribution in [3.63, 3.8) is 0 Å². The molecule has 0 aliphatic carbocycles. The maximum atomic E-state index is 12.9. The molecule has 2 atom stereocenters. The van der Waals surface area contributed by atoms with Gasteiger partial charge in [0, 0.05) is 24.4 Å². The normalized spacial score (nSPS) is 20.3. The number of carbonyl (C=O) groups excluding carboxylic acids is 1. The molecule has 5 heterocycles. The molecule has 11 heteroatoms. The van der Waals surface area contributed by atoms with Gasteiger partial charge >= 0.3 is 0 Å². The number of thioether (sulfide) groups is 2. The summed E-state index contributed by atoms with van der Waals surface area (Å²) >= 11 is 4.71. The summed E-state index contributed by atoms with van der Waals surface area (Å²) in [6.07, 6.45) is 3.07. The minimum Gasteiger partial charge on any atom is -0.378 e. The van der Waals surface area contributed by atoms with E-state index in [4.69, 9.17) is 14.5 Å². The van der Waals surface area contributed by atoms with E-state index in [0.717, 1.165) is 27.4 Å². The first-order valence-electron chi connectivity index (χ1n) is 10.9. The monoisotopic (exact) mass is 493 g/mol. The van der Waals surface area contributed by atoms with Gasteiger partial charge in [0.2, 0.25) is 5.91 Å². The number of hydrogen-bond donors (Lipinski definition) is 0. The Balaban J connectivity index is 1.53. The summed E-state index contributed by atoms with van der Waals surface area (Å²) in [5.74, 6) is 0.559. The molecular weight excluding hydrogens is 466 g/mol. The predicted molar refractivity (Wildman–Crippen MR) is 128 cm³/mol. The lowest BCUT2D eigenvalue weighted by Gasteiger charge is -2.28. The fourth-order valence-corrected chi connectivity index (χ4v) is 6.92. The lowest BCUT2D eigenvalue weighted by Crippen LogP contribution is -2.44. The maximum Gasteiger partial charge on any atom is 0.236 e. The molecule has 3 aromatic rings. The lowest BCUT2D eigenvalue weighted by molar-refractivity contribution is -0.134. The molecule has 8 nitrogen and oxygen atoms in total. The van der Waals surface area contributed by atoms with Crippen molar-refractivity contribution in [1.29, 1.82) is 0 Å². The van der Waals surface area contributed by atoms with Crippen molar-refractivity contribution in [3.8, 4) is 0 Å². The summed E-state index contributed by atoms with van der Waals surface area (Å²) in [6, 6.07) is 0. The number of aromatic nitrogens is 4. The van der Waals surface area contributed by atoms with Gasteiger partial charge in [-0.1, -0.05) is 37.4 Å². The van der Waals surface area contributed by atoms with Crippen LogP contribution in [-0.4, -0.2) is 74.3 Å². The van der Waals surface area contributed by atoms with Crippen LogP contribution in [0.2, 0.25) is 0 Å². The maximum absolute atomic E-state index is 12.9. The average molecular weight is 494 g/mol. The zero-order valence-electron chi connectivity index (χ0n) is 18.7. The average Bonchev–Trinajstić information content (AvgIpc) is 3.39. The Morgan fingerprint density at radius 1 is 1.19 bits per heavy atom. The van der Waals surface area contributed by atoms with Crippen molar-refractivity contribution in [2.24, 2.45) is 5.92 Å². The minimum absolute atomic E-state index is 0.111. The van der Waals surface area contributed by atoms with E-state index in [1.165, 1.54) is 22.2 Å². The molecule has 0 N–H and O–H groups in total. The summed E-state index contributed by atoms with van der Waals surface area (Å²) in [5, 5.41) is 11.5. The highest BCUT2D eigenvalue weighted by molar-refractivity contribution is 8.00. The van der Waals surface area contributed by atoms with Gasteiger partial charge in [-0.3, -0.25) is 4.79 Å². The van der Waals surface area contributed by atoms with E-state index in [9.17, 15) is 4.79 Å². The van der Waals surface area contributed by atoms with E-state index in [0.29, 0.717) is 44.0 Å². The van der Waals surface area contributed by atoms with Crippen LogP contribution in [0.3, 0.4) is 0 Å². The smallest absolute Gasteiger partial charge is 0.236 e. The predicted octanol–water partition coefficient (Wildman–Crippen LogP) is 3.50. The number of nitrogens with zero attached hydrogens (tertiary/aromatic N) is 5. The Bertz CT molecular complexity index is 1150. The first-order chi connectivity index (χ1) is 15.5. The Morgan fingerprint density at radius 2 is 1.97 bits per heavy atom. The number of rotatable bonds is 5. The number of amides is 1. The topological polar surface area (TPSA) is 81.9 Å². The van der Waals surface area contributed by atoms with Gasteiger partial charge in [0.15, 0.2) is 16.0 Å². The number of hydrogen-bond acceptors (Lipinski definition) is 9. The standard InChI is InChI=1S/C21H27N5O3S3/c1-11(2)14-9-13-15(10-29-14)32-18-16(13)17-23-24-21(26(17)20(22-18)30-4)31-12(3)19(27)25-5-7-28-8-6-25/h11-12,14H,5-10H2,1-4H3/t12-,14-/m1/s1. The Hall–Kier alpha value is -1.40. The van der Waals surface area contributed by atoms with Gasteiger partial charge in [-0.05, 0) is 24.7 Å². The van der Waals surface area contributed by atoms with Crippen LogP contribution in [0.5, 0.6) is 0 Å². The summed E-state index contributed by atoms with van der Waals surface area (Å²) in [7, 11) is 0. The third-order valence-corrected chi connectivity index (χ3v) is 8.80. The molecule has 0 aromatic carbocycles.